The average Bonchev–Trinajstić information content (AvgIpc) is 0.811. The Morgan fingerprint density at radius 1 is 1.33 bits per heavy atom. The summed E-state index contributed by atoms with van der Waals surface area (Å²) in [5, 5.41) is 13.9. The van der Waals surface area contributed by atoms with Crippen LogP contribution in [-0.2, 0) is 0 Å². The Bertz CT molecular complexity index is 30.5. The Morgan fingerprint density at radius 3 is 1.33 bits per heavy atom. The van der Waals surface area contributed by atoms with Gasteiger partial charge in [-0.25, -0.2) is 4.79 Å². The second-order valence-corrected chi connectivity index (χ2v) is 0.283. The van der Waals surface area contributed by atoms with Crippen molar-refractivity contribution in [2.45, 2.75) is 0 Å². The summed E-state index contributed by atoms with van der Waals surface area (Å²) in [6, 6.07) is 0. The van der Waals surface area contributed by atoms with E-state index >= 15 is 0 Å². The van der Waals surface area contributed by atoms with Gasteiger partial charge in [-0.1, -0.05) is 0 Å². The molecule has 0 rings (SSSR count). The van der Waals surface area contributed by atoms with Crippen LogP contribution in [0.4, 0.5) is 4.79 Å². The van der Waals surface area contributed by atoms with Crippen LogP contribution in [0.25, 0.3) is 0 Å². The molecule has 0 spiro atoms. The predicted octanol–water partition coefficient (Wildman–Crippen LogP) is -0.983. The summed E-state index contributed by atoms with van der Waals surface area (Å²) in [5.74, 6) is 0. The van der Waals surface area contributed by atoms with Crippen molar-refractivity contribution < 1.29 is 20.5 Å². The van der Waals surface area contributed by atoms with Gasteiger partial charge in [0, 0.05) is 27.3 Å². The molecule has 4 radical (unpaired) electrons. The zero-order valence-corrected chi connectivity index (χ0v) is 6.69. The molecule has 0 unspecified atom stereocenters. The first-order valence-electron chi connectivity index (χ1n) is 0.651. The second-order valence-electron chi connectivity index (χ2n) is 0.283. The average molecular weight is 287 g/mol. The molecule has 0 saturated heterocycles. The molecule has 4 N–H and O–H groups in total. The number of rotatable bonds is 0. The largest absolute Gasteiger partial charge is 0.503 e. The second kappa shape index (κ2) is 8.94. The summed E-state index contributed by atoms with van der Waals surface area (Å²) < 4.78 is 0. The van der Waals surface area contributed by atoms with Gasteiger partial charge in [0.2, 0.25) is 0 Å². The fourth-order valence-corrected chi connectivity index (χ4v) is 0. The van der Waals surface area contributed by atoms with Crippen LogP contribution in [0, 0.1) is 0 Å². The minimum absolute atomic E-state index is 0. The number of carboxylic acid groups (broad SMARTS) is 2. The van der Waals surface area contributed by atoms with E-state index in [1.807, 2.05) is 0 Å². The quantitative estimate of drug-likeness (QED) is 0.561. The van der Waals surface area contributed by atoms with E-state index in [1.165, 1.54) is 0 Å². The standard InChI is InChI=1S/CH2O3.H2O.Pb/c2-1(3)4;;/h(H2,2,3,4);1H2;. The van der Waals surface area contributed by atoms with Crippen LogP contribution >= 0.6 is 0 Å². The number of carbonyl (C=O) groups is 1. The van der Waals surface area contributed by atoms with Gasteiger partial charge in [0.05, 0.1) is 0 Å². The maximum atomic E-state index is 8.56. The fourth-order valence-electron chi connectivity index (χ4n) is 0. The minimum Gasteiger partial charge on any atom is -0.450 e. The third-order valence-electron chi connectivity index (χ3n) is 0. The van der Waals surface area contributed by atoms with E-state index in [2.05, 4.69) is 0 Å². The summed E-state index contributed by atoms with van der Waals surface area (Å²) in [5.41, 5.74) is 0. The molecule has 0 fully saturated rings. The van der Waals surface area contributed by atoms with E-state index in [4.69, 9.17) is 15.0 Å². The molecule has 0 atom stereocenters. The Balaban J connectivity index is -0.0000000450. The first kappa shape index (κ1) is 16.4. The molecular formula is CH4O4Pb. The molecule has 0 amide bonds. The van der Waals surface area contributed by atoms with Crippen molar-refractivity contribution in [2.75, 3.05) is 0 Å². The van der Waals surface area contributed by atoms with Gasteiger partial charge < -0.3 is 15.7 Å². The van der Waals surface area contributed by atoms with E-state index in [1.54, 1.807) is 0 Å². The van der Waals surface area contributed by atoms with Crippen molar-refractivity contribution in [3.63, 3.8) is 0 Å². The van der Waals surface area contributed by atoms with E-state index in [0.717, 1.165) is 0 Å². The van der Waals surface area contributed by atoms with Gasteiger partial charge in [0.15, 0.2) is 0 Å². The van der Waals surface area contributed by atoms with Gasteiger partial charge in [0.1, 0.15) is 0 Å². The molecule has 0 aliphatic rings. The summed E-state index contributed by atoms with van der Waals surface area (Å²) in [4.78, 5) is 8.56. The van der Waals surface area contributed by atoms with E-state index < -0.39 is 6.16 Å². The van der Waals surface area contributed by atoms with Crippen molar-refractivity contribution in [1.29, 1.82) is 0 Å². The maximum Gasteiger partial charge on any atom is 0.503 e. The summed E-state index contributed by atoms with van der Waals surface area (Å²) in [7, 11) is 0. The summed E-state index contributed by atoms with van der Waals surface area (Å²) in [6.07, 6.45) is -1.83. The SMILES string of the molecule is O.O=C(O)O.[Pb]. The van der Waals surface area contributed by atoms with Crippen molar-refractivity contribution >= 4 is 33.5 Å². The normalized spacial score (nSPS) is 4.00. The zero-order valence-electron chi connectivity index (χ0n) is 2.80. The molecule has 5 heteroatoms. The monoisotopic (exact) mass is 288 g/mol. The van der Waals surface area contributed by atoms with Crippen LogP contribution in [0.15, 0.2) is 0 Å². The van der Waals surface area contributed by atoms with E-state index in [9.17, 15) is 0 Å². The van der Waals surface area contributed by atoms with Gasteiger partial charge in [-0.15, -0.1) is 0 Å². The molecule has 0 aromatic rings. The van der Waals surface area contributed by atoms with Crippen molar-refractivity contribution in [1.82, 2.24) is 0 Å². The zero-order chi connectivity index (χ0) is 3.58. The molecule has 0 bridgehead atoms. The molecule has 0 heterocycles. The molecule has 0 aromatic carbocycles. The van der Waals surface area contributed by atoms with Gasteiger partial charge in [-0.3, -0.25) is 0 Å². The van der Waals surface area contributed by atoms with Gasteiger partial charge in [0.25, 0.3) is 0 Å². The molecular weight excluding hydrogens is 283 g/mol. The van der Waals surface area contributed by atoms with Crippen LogP contribution in [0.5, 0.6) is 0 Å². The Labute approximate surface area is 54.3 Å². The fraction of sp³-hybridized carbons (Fsp3) is 0. The first-order valence-corrected chi connectivity index (χ1v) is 0.651. The van der Waals surface area contributed by atoms with Crippen molar-refractivity contribution in [3.05, 3.63) is 0 Å². The first-order chi connectivity index (χ1) is 1.73. The van der Waals surface area contributed by atoms with Crippen molar-refractivity contribution in [2.24, 2.45) is 0 Å². The number of hydrogen-bond donors (Lipinski definition) is 2. The molecule has 0 aliphatic heterocycles. The molecule has 0 aliphatic carbocycles. The molecule has 4 nitrogen and oxygen atoms in total. The number of hydrogen-bond acceptors (Lipinski definition) is 1. The predicted molar refractivity (Wildman–Crippen MR) is 20.0 cm³/mol. The minimum atomic E-state index is -1.83. The van der Waals surface area contributed by atoms with Gasteiger partial charge in [-0.2, -0.15) is 0 Å². The maximum absolute atomic E-state index is 8.56. The molecule has 6 heavy (non-hydrogen) atoms. The molecule has 0 aromatic heterocycles. The van der Waals surface area contributed by atoms with Crippen LogP contribution < -0.4 is 0 Å². The topological polar surface area (TPSA) is 89.0 Å². The Kier molecular flexibility index (Phi) is 24.5. The van der Waals surface area contributed by atoms with Crippen molar-refractivity contribution in [3.8, 4) is 0 Å². The third kappa shape index (κ3) is 1780. The van der Waals surface area contributed by atoms with Crippen LogP contribution in [0.1, 0.15) is 0 Å². The molecule has 0 saturated carbocycles. The van der Waals surface area contributed by atoms with Crippen LogP contribution in [0.3, 0.4) is 0 Å². The Morgan fingerprint density at radius 2 is 1.33 bits per heavy atom. The smallest absolute Gasteiger partial charge is 0.450 e. The van der Waals surface area contributed by atoms with Crippen LogP contribution in [-0.4, -0.2) is 49.1 Å². The summed E-state index contributed by atoms with van der Waals surface area (Å²) >= 11 is 0. The Hall–Kier alpha value is 0.152. The van der Waals surface area contributed by atoms with E-state index in [0.29, 0.717) is 0 Å². The van der Waals surface area contributed by atoms with Gasteiger partial charge >= 0.3 is 6.16 Å². The molecule has 36 valence electrons. The van der Waals surface area contributed by atoms with Crippen LogP contribution in [0.2, 0.25) is 0 Å². The van der Waals surface area contributed by atoms with Gasteiger partial charge in [-0.05, 0) is 0 Å². The van der Waals surface area contributed by atoms with E-state index in [-0.39, 0.29) is 32.8 Å². The third-order valence-corrected chi connectivity index (χ3v) is 0. The summed E-state index contributed by atoms with van der Waals surface area (Å²) in [6.45, 7) is 0.